The predicted molar refractivity (Wildman–Crippen MR) is 97.5 cm³/mol. The van der Waals surface area contributed by atoms with Crippen molar-refractivity contribution in [1.29, 1.82) is 0 Å². The number of amides is 1. The zero-order valence-electron chi connectivity index (χ0n) is 15.4. The third kappa shape index (κ3) is 3.75. The number of hydrogen-bond donors (Lipinski definition) is 2. The number of rotatable bonds is 3. The lowest BCUT2D eigenvalue weighted by molar-refractivity contribution is 0.0615. The minimum Gasteiger partial charge on any atom is -0.337 e. The number of nitrogens with one attached hydrogen (secondary N) is 2. The van der Waals surface area contributed by atoms with Crippen LogP contribution in [0, 0.1) is 11.8 Å². The average molecular weight is 345 g/mol. The van der Waals surface area contributed by atoms with Crippen LogP contribution in [0.1, 0.15) is 54.4 Å². The molecule has 1 unspecified atom stereocenters. The molecule has 0 aliphatic carbocycles. The van der Waals surface area contributed by atoms with Gasteiger partial charge in [0.05, 0.1) is 0 Å². The van der Waals surface area contributed by atoms with Crippen LogP contribution < -0.4 is 5.32 Å². The molecular weight excluding hydrogens is 314 g/mol. The molecule has 2 saturated heterocycles. The molecule has 25 heavy (non-hydrogen) atoms. The maximum atomic E-state index is 13.0. The summed E-state index contributed by atoms with van der Waals surface area (Å²) in [7, 11) is 0. The Morgan fingerprint density at radius 2 is 2.08 bits per heavy atom. The quantitative estimate of drug-likeness (QED) is 0.874. The smallest absolute Gasteiger partial charge is 0.274 e. The largest absolute Gasteiger partial charge is 0.337 e. The highest BCUT2D eigenvalue weighted by atomic mass is 16.2. The van der Waals surface area contributed by atoms with Gasteiger partial charge in [-0.2, -0.15) is 5.10 Å². The van der Waals surface area contributed by atoms with Crippen molar-refractivity contribution < 1.29 is 4.79 Å². The molecule has 1 atom stereocenters. The third-order valence-electron chi connectivity index (χ3n) is 6.21. The van der Waals surface area contributed by atoms with Crippen LogP contribution in [0.2, 0.25) is 0 Å². The standard InChI is InChI=1S/C19H31N5O/c1-14-5-9-23(10-6-14)12-15-3-2-8-24(13-15)19(25)18-16-11-20-7-4-17(16)21-22-18/h14-15,20H,2-13H2,1H3,(H,21,22). The molecule has 1 aromatic rings. The summed E-state index contributed by atoms with van der Waals surface area (Å²) >= 11 is 0. The number of nitrogens with zero attached hydrogens (tertiary/aromatic N) is 3. The molecule has 0 saturated carbocycles. The molecule has 0 spiro atoms. The Balaban J connectivity index is 1.37. The van der Waals surface area contributed by atoms with Crippen LogP contribution in [0.15, 0.2) is 0 Å². The summed E-state index contributed by atoms with van der Waals surface area (Å²) in [5.74, 6) is 1.61. The maximum Gasteiger partial charge on any atom is 0.274 e. The zero-order valence-corrected chi connectivity index (χ0v) is 15.4. The lowest BCUT2D eigenvalue weighted by Crippen LogP contribution is -2.45. The second kappa shape index (κ2) is 7.46. The van der Waals surface area contributed by atoms with E-state index in [0.29, 0.717) is 11.6 Å². The number of carbonyl (C=O) groups excluding carboxylic acids is 1. The van der Waals surface area contributed by atoms with Crippen LogP contribution in [0.3, 0.4) is 0 Å². The monoisotopic (exact) mass is 345 g/mol. The van der Waals surface area contributed by atoms with E-state index in [2.05, 4.69) is 27.3 Å². The number of hydrogen-bond acceptors (Lipinski definition) is 4. The molecular formula is C19H31N5O. The molecule has 0 aromatic carbocycles. The van der Waals surface area contributed by atoms with Crippen molar-refractivity contribution >= 4 is 5.91 Å². The van der Waals surface area contributed by atoms with Crippen molar-refractivity contribution in [2.24, 2.45) is 11.8 Å². The summed E-state index contributed by atoms with van der Waals surface area (Å²) in [4.78, 5) is 17.7. The maximum absolute atomic E-state index is 13.0. The van der Waals surface area contributed by atoms with E-state index < -0.39 is 0 Å². The van der Waals surface area contributed by atoms with Gasteiger partial charge in [0, 0.05) is 50.4 Å². The zero-order chi connectivity index (χ0) is 17.2. The van der Waals surface area contributed by atoms with E-state index in [9.17, 15) is 4.79 Å². The van der Waals surface area contributed by atoms with Gasteiger partial charge in [0.1, 0.15) is 0 Å². The lowest BCUT2D eigenvalue weighted by atomic mass is 9.94. The highest BCUT2D eigenvalue weighted by molar-refractivity contribution is 5.94. The number of aromatic amines is 1. The fourth-order valence-corrected chi connectivity index (χ4v) is 4.56. The topological polar surface area (TPSA) is 64.3 Å². The average Bonchev–Trinajstić information content (AvgIpc) is 3.07. The summed E-state index contributed by atoms with van der Waals surface area (Å²) in [6.45, 7) is 9.45. The summed E-state index contributed by atoms with van der Waals surface area (Å²) in [6.07, 6.45) is 5.94. The van der Waals surface area contributed by atoms with Crippen LogP contribution in [0.25, 0.3) is 0 Å². The molecule has 1 amide bonds. The fraction of sp³-hybridized carbons (Fsp3) is 0.789. The molecule has 3 aliphatic rings. The van der Waals surface area contributed by atoms with E-state index in [1.165, 1.54) is 32.4 Å². The Hall–Kier alpha value is -1.40. The van der Waals surface area contributed by atoms with Crippen molar-refractivity contribution in [3.8, 4) is 0 Å². The molecule has 138 valence electrons. The van der Waals surface area contributed by atoms with Crippen molar-refractivity contribution in [2.75, 3.05) is 39.3 Å². The number of fused-ring (bicyclic) bond motifs is 1. The Morgan fingerprint density at radius 1 is 1.24 bits per heavy atom. The van der Waals surface area contributed by atoms with Gasteiger partial charge >= 0.3 is 0 Å². The second-order valence-electron chi connectivity index (χ2n) is 8.20. The molecule has 4 heterocycles. The van der Waals surface area contributed by atoms with Gasteiger partial charge in [0.2, 0.25) is 0 Å². The first kappa shape index (κ1) is 17.0. The fourth-order valence-electron chi connectivity index (χ4n) is 4.56. The van der Waals surface area contributed by atoms with Crippen LogP contribution in [-0.2, 0) is 13.0 Å². The Morgan fingerprint density at radius 3 is 2.92 bits per heavy atom. The summed E-state index contributed by atoms with van der Waals surface area (Å²) < 4.78 is 0. The van der Waals surface area contributed by atoms with Crippen LogP contribution in [0.4, 0.5) is 0 Å². The van der Waals surface area contributed by atoms with Gasteiger partial charge in [-0.05, 0) is 50.6 Å². The lowest BCUT2D eigenvalue weighted by Gasteiger charge is -2.37. The van der Waals surface area contributed by atoms with E-state index in [1.54, 1.807) is 0 Å². The number of piperidine rings is 2. The minimum absolute atomic E-state index is 0.123. The highest BCUT2D eigenvalue weighted by Gasteiger charge is 2.30. The Kier molecular flexibility index (Phi) is 5.08. The van der Waals surface area contributed by atoms with Gasteiger partial charge in [-0.15, -0.1) is 0 Å². The van der Waals surface area contributed by atoms with Gasteiger partial charge in [-0.1, -0.05) is 6.92 Å². The van der Waals surface area contributed by atoms with Crippen LogP contribution in [0.5, 0.6) is 0 Å². The van der Waals surface area contributed by atoms with E-state index in [1.807, 2.05) is 4.90 Å². The Bertz CT molecular complexity index is 605. The summed E-state index contributed by atoms with van der Waals surface area (Å²) in [5.41, 5.74) is 2.87. The van der Waals surface area contributed by atoms with E-state index in [4.69, 9.17) is 0 Å². The third-order valence-corrected chi connectivity index (χ3v) is 6.21. The molecule has 2 N–H and O–H groups in total. The van der Waals surface area contributed by atoms with Crippen molar-refractivity contribution in [3.63, 3.8) is 0 Å². The van der Waals surface area contributed by atoms with E-state index >= 15 is 0 Å². The van der Waals surface area contributed by atoms with Crippen molar-refractivity contribution in [3.05, 3.63) is 17.0 Å². The first-order valence-electron chi connectivity index (χ1n) is 9.99. The van der Waals surface area contributed by atoms with Gasteiger partial charge in [0.25, 0.3) is 5.91 Å². The number of likely N-dealkylation sites (tertiary alicyclic amines) is 2. The molecule has 3 aliphatic heterocycles. The first-order valence-corrected chi connectivity index (χ1v) is 9.99. The summed E-state index contributed by atoms with van der Waals surface area (Å²) in [6, 6.07) is 0. The van der Waals surface area contributed by atoms with Gasteiger partial charge in [0.15, 0.2) is 5.69 Å². The van der Waals surface area contributed by atoms with Crippen molar-refractivity contribution in [1.82, 2.24) is 25.3 Å². The normalized spacial score (nSPS) is 25.8. The predicted octanol–water partition coefficient (Wildman–Crippen LogP) is 1.64. The van der Waals surface area contributed by atoms with Crippen molar-refractivity contribution in [2.45, 2.75) is 45.6 Å². The second-order valence-corrected chi connectivity index (χ2v) is 8.20. The van der Waals surface area contributed by atoms with E-state index in [-0.39, 0.29) is 5.91 Å². The first-order chi connectivity index (χ1) is 12.2. The van der Waals surface area contributed by atoms with Gasteiger partial charge in [-0.25, -0.2) is 0 Å². The number of aromatic nitrogens is 2. The molecule has 0 radical (unpaired) electrons. The van der Waals surface area contributed by atoms with Crippen LogP contribution >= 0.6 is 0 Å². The molecule has 4 rings (SSSR count). The highest BCUT2D eigenvalue weighted by Crippen LogP contribution is 2.24. The molecule has 0 bridgehead atoms. The molecule has 2 fully saturated rings. The molecule has 6 heteroatoms. The van der Waals surface area contributed by atoms with Crippen LogP contribution in [-0.4, -0.2) is 65.2 Å². The Labute approximate surface area is 150 Å². The minimum atomic E-state index is 0.123. The number of carbonyl (C=O) groups is 1. The van der Waals surface area contributed by atoms with Gasteiger partial charge < -0.3 is 15.1 Å². The summed E-state index contributed by atoms with van der Waals surface area (Å²) in [5, 5.41) is 10.8. The molecule has 1 aromatic heterocycles. The number of H-pyrrole nitrogens is 1. The van der Waals surface area contributed by atoms with Gasteiger partial charge in [-0.3, -0.25) is 9.89 Å². The van der Waals surface area contributed by atoms with E-state index in [0.717, 1.165) is 62.7 Å². The SMILES string of the molecule is CC1CCN(CC2CCCN(C(=O)c3n[nH]c4c3CNCC4)C2)CC1. The molecule has 6 nitrogen and oxygen atoms in total.